The Hall–Kier alpha value is -2.47. The van der Waals surface area contributed by atoms with Crippen molar-refractivity contribution in [1.29, 1.82) is 5.26 Å². The summed E-state index contributed by atoms with van der Waals surface area (Å²) < 4.78 is 28.2. The molecule has 4 rings (SSSR count). The fraction of sp³-hybridized carbons (Fsp3) is 0.333. The number of piperidine rings is 1. The van der Waals surface area contributed by atoms with Crippen molar-refractivity contribution in [2.75, 3.05) is 18.0 Å². The van der Waals surface area contributed by atoms with Crippen LogP contribution in [0.15, 0.2) is 40.1 Å². The third-order valence-corrected chi connectivity index (χ3v) is 8.21. The smallest absolute Gasteiger partial charge is 0.250 e. The molecule has 0 aliphatic carbocycles. The first-order valence-corrected chi connectivity index (χ1v) is 11.9. The molecule has 1 fully saturated rings. The summed E-state index contributed by atoms with van der Waals surface area (Å²) in [6, 6.07) is 9.70. The second-order valence-corrected chi connectivity index (χ2v) is 10.3. The summed E-state index contributed by atoms with van der Waals surface area (Å²) >= 11 is 1.22. The number of benzene rings is 1. The average molecular weight is 427 g/mol. The van der Waals surface area contributed by atoms with E-state index in [1.165, 1.54) is 11.3 Å². The lowest BCUT2D eigenvalue weighted by molar-refractivity contribution is 0.461. The third-order valence-electron chi connectivity index (χ3n) is 5.29. The van der Waals surface area contributed by atoms with Crippen LogP contribution in [0.4, 0.5) is 5.69 Å². The minimum atomic E-state index is -3.47. The van der Waals surface area contributed by atoms with Crippen LogP contribution >= 0.6 is 11.3 Å². The number of nitrogens with zero attached hydrogens (tertiary/aromatic N) is 3. The number of nitriles is 1. The average Bonchev–Trinajstić information content (AvgIpc) is 3.23. The minimum Gasteiger partial charge on any atom is -0.370 e. The minimum absolute atomic E-state index is 0.111. The number of fused-ring (bicyclic) bond motifs is 1. The fourth-order valence-corrected chi connectivity index (χ4v) is 6.30. The van der Waals surface area contributed by atoms with E-state index < -0.39 is 10.0 Å². The van der Waals surface area contributed by atoms with Crippen LogP contribution < -0.4 is 9.62 Å². The standard InChI is InChI=1S/C21H22N4O2S2/c1-14-10-15(2)20-18(11-14)21(16(12-22)13-23-20)25-7-5-17(6-8-25)24-29(26,27)19-4-3-9-28-19/h3-4,9-11,13,17,24H,5-8H2,1-2H3. The molecule has 1 saturated heterocycles. The number of sulfonamides is 1. The molecule has 2 aromatic heterocycles. The van der Waals surface area contributed by atoms with E-state index >= 15 is 0 Å². The van der Waals surface area contributed by atoms with E-state index in [0.717, 1.165) is 27.7 Å². The molecule has 1 aliphatic rings. The molecule has 0 amide bonds. The molecule has 0 saturated carbocycles. The highest BCUT2D eigenvalue weighted by molar-refractivity contribution is 7.91. The van der Waals surface area contributed by atoms with Crippen molar-refractivity contribution in [3.05, 3.63) is 52.5 Å². The van der Waals surface area contributed by atoms with Gasteiger partial charge in [0.15, 0.2) is 0 Å². The molecule has 1 aromatic carbocycles. The number of aromatic nitrogens is 1. The van der Waals surface area contributed by atoms with Gasteiger partial charge in [0, 0.05) is 30.7 Å². The van der Waals surface area contributed by atoms with E-state index in [-0.39, 0.29) is 6.04 Å². The summed E-state index contributed by atoms with van der Waals surface area (Å²) in [5.41, 5.74) is 4.59. The molecule has 1 aliphatic heterocycles. The van der Waals surface area contributed by atoms with Crippen LogP contribution in [0.5, 0.6) is 0 Å². The van der Waals surface area contributed by atoms with Gasteiger partial charge in [0.25, 0.3) is 0 Å². The fourth-order valence-electron chi connectivity index (χ4n) is 3.98. The Kier molecular flexibility index (Phi) is 5.30. The van der Waals surface area contributed by atoms with Crippen LogP contribution in [0.3, 0.4) is 0 Å². The monoisotopic (exact) mass is 426 g/mol. The maximum Gasteiger partial charge on any atom is 0.250 e. The van der Waals surface area contributed by atoms with Crippen molar-refractivity contribution in [1.82, 2.24) is 9.71 Å². The van der Waals surface area contributed by atoms with Crippen LogP contribution in [-0.2, 0) is 10.0 Å². The van der Waals surface area contributed by atoms with Crippen LogP contribution in [-0.4, -0.2) is 32.5 Å². The summed E-state index contributed by atoms with van der Waals surface area (Å²) in [5, 5.41) is 12.4. The van der Waals surface area contributed by atoms with Gasteiger partial charge >= 0.3 is 0 Å². The summed E-state index contributed by atoms with van der Waals surface area (Å²) in [7, 11) is -3.47. The Labute approximate surface area is 174 Å². The van der Waals surface area contributed by atoms with Crippen molar-refractivity contribution in [2.24, 2.45) is 0 Å². The highest BCUT2D eigenvalue weighted by Crippen LogP contribution is 2.33. The zero-order valence-electron chi connectivity index (χ0n) is 16.3. The summed E-state index contributed by atoms with van der Waals surface area (Å²) in [5.74, 6) is 0. The van der Waals surface area contributed by atoms with Crippen LogP contribution in [0.25, 0.3) is 10.9 Å². The zero-order valence-corrected chi connectivity index (χ0v) is 18.0. The molecule has 6 nitrogen and oxygen atoms in total. The Morgan fingerprint density at radius 1 is 1.28 bits per heavy atom. The van der Waals surface area contributed by atoms with Gasteiger partial charge in [-0.1, -0.05) is 17.7 Å². The van der Waals surface area contributed by atoms with Gasteiger partial charge in [-0.05, 0) is 49.8 Å². The number of thiophene rings is 1. The maximum absolute atomic E-state index is 12.5. The molecule has 8 heteroatoms. The Balaban J connectivity index is 1.59. The van der Waals surface area contributed by atoms with Crippen molar-refractivity contribution >= 4 is 38.0 Å². The van der Waals surface area contributed by atoms with E-state index in [9.17, 15) is 13.7 Å². The highest BCUT2D eigenvalue weighted by atomic mass is 32.2. The summed E-state index contributed by atoms with van der Waals surface area (Å²) in [6.45, 7) is 5.43. The number of pyridine rings is 1. The Morgan fingerprint density at radius 2 is 2.03 bits per heavy atom. The predicted molar refractivity (Wildman–Crippen MR) is 116 cm³/mol. The largest absolute Gasteiger partial charge is 0.370 e. The Bertz CT molecular complexity index is 1190. The number of hydrogen-bond donors (Lipinski definition) is 1. The van der Waals surface area contributed by atoms with Crippen LogP contribution in [0, 0.1) is 25.2 Å². The lowest BCUT2D eigenvalue weighted by Gasteiger charge is -2.34. The van der Waals surface area contributed by atoms with E-state index in [2.05, 4.69) is 32.8 Å². The number of hydrogen-bond acceptors (Lipinski definition) is 6. The number of anilines is 1. The van der Waals surface area contributed by atoms with E-state index in [1.807, 2.05) is 13.8 Å². The van der Waals surface area contributed by atoms with Gasteiger partial charge in [0.05, 0.1) is 16.8 Å². The lowest BCUT2D eigenvalue weighted by Crippen LogP contribution is -2.44. The zero-order chi connectivity index (χ0) is 20.6. The first-order chi connectivity index (χ1) is 13.9. The third kappa shape index (κ3) is 3.86. The molecular weight excluding hydrogens is 404 g/mol. The van der Waals surface area contributed by atoms with Crippen LogP contribution in [0.1, 0.15) is 29.5 Å². The maximum atomic E-state index is 12.5. The molecule has 0 bridgehead atoms. The van der Waals surface area contributed by atoms with E-state index in [1.54, 1.807) is 23.7 Å². The second kappa shape index (κ2) is 7.75. The summed E-state index contributed by atoms with van der Waals surface area (Å²) in [4.78, 5) is 6.69. The molecule has 1 N–H and O–H groups in total. The van der Waals surface area contributed by atoms with Gasteiger partial charge in [-0.2, -0.15) is 5.26 Å². The topological polar surface area (TPSA) is 86.1 Å². The number of rotatable bonds is 4. The molecule has 3 aromatic rings. The second-order valence-electron chi connectivity index (χ2n) is 7.42. The molecule has 0 radical (unpaired) electrons. The van der Waals surface area contributed by atoms with Gasteiger partial charge < -0.3 is 4.90 Å². The lowest BCUT2D eigenvalue weighted by atomic mass is 10.00. The first kappa shape index (κ1) is 19.8. The number of nitrogens with one attached hydrogen (secondary N) is 1. The van der Waals surface area contributed by atoms with Crippen molar-refractivity contribution in [3.8, 4) is 6.07 Å². The molecule has 0 atom stereocenters. The SMILES string of the molecule is Cc1cc(C)c2ncc(C#N)c(N3CCC(NS(=O)(=O)c4cccs4)CC3)c2c1. The summed E-state index contributed by atoms with van der Waals surface area (Å²) in [6.07, 6.45) is 3.01. The molecule has 150 valence electrons. The van der Waals surface area contributed by atoms with Crippen LogP contribution in [0.2, 0.25) is 0 Å². The van der Waals surface area contributed by atoms with Gasteiger partial charge in [0.2, 0.25) is 10.0 Å². The van der Waals surface area contributed by atoms with Crippen molar-refractivity contribution in [2.45, 2.75) is 36.9 Å². The molecule has 0 unspecified atom stereocenters. The quantitative estimate of drug-likeness (QED) is 0.687. The molecular formula is C21H22N4O2S2. The van der Waals surface area contributed by atoms with Gasteiger partial charge in [-0.25, -0.2) is 13.1 Å². The van der Waals surface area contributed by atoms with Gasteiger partial charge in [-0.15, -0.1) is 11.3 Å². The normalized spacial score (nSPS) is 15.6. The predicted octanol–water partition coefficient (Wildman–Crippen LogP) is 3.73. The van der Waals surface area contributed by atoms with E-state index in [0.29, 0.717) is 35.7 Å². The Morgan fingerprint density at radius 3 is 2.69 bits per heavy atom. The molecule has 3 heterocycles. The van der Waals surface area contributed by atoms with Gasteiger partial charge in [0.1, 0.15) is 10.3 Å². The van der Waals surface area contributed by atoms with Crippen molar-refractivity contribution < 1.29 is 8.42 Å². The van der Waals surface area contributed by atoms with Crippen molar-refractivity contribution in [3.63, 3.8) is 0 Å². The van der Waals surface area contributed by atoms with E-state index in [4.69, 9.17) is 0 Å². The molecule has 0 spiro atoms. The first-order valence-electron chi connectivity index (χ1n) is 9.50. The highest BCUT2D eigenvalue weighted by Gasteiger charge is 2.27. The molecule has 29 heavy (non-hydrogen) atoms. The van der Waals surface area contributed by atoms with Gasteiger partial charge in [-0.3, -0.25) is 4.98 Å². The number of aryl methyl sites for hydroxylation is 2.